The van der Waals surface area contributed by atoms with Gasteiger partial charge in [0.15, 0.2) is 17.3 Å². The zero-order valence-corrected chi connectivity index (χ0v) is 23.8. The number of hydrogen-bond acceptors (Lipinski definition) is 8. The van der Waals surface area contributed by atoms with E-state index in [9.17, 15) is 9.59 Å². The molecule has 0 bridgehead atoms. The quantitative estimate of drug-likeness (QED) is 0.429. The molecule has 0 unspecified atom stereocenters. The van der Waals surface area contributed by atoms with Crippen molar-refractivity contribution >= 4 is 11.8 Å². The Morgan fingerprint density at radius 3 is 2.25 bits per heavy atom. The van der Waals surface area contributed by atoms with E-state index >= 15 is 0 Å². The Morgan fingerprint density at radius 2 is 1.57 bits per heavy atom. The molecule has 1 fully saturated rings. The lowest BCUT2D eigenvalue weighted by atomic mass is 9.71. The number of methoxy groups -OCH3 is 4. The molecule has 8 nitrogen and oxygen atoms in total. The highest BCUT2D eigenvalue weighted by Gasteiger charge is 2.43. The van der Waals surface area contributed by atoms with E-state index in [1.54, 1.807) is 34.5 Å². The Morgan fingerprint density at radius 1 is 0.850 bits per heavy atom. The molecule has 0 radical (unpaired) electrons. The van der Waals surface area contributed by atoms with Crippen LogP contribution >= 0.6 is 0 Å². The molecule has 0 aromatic heterocycles. The van der Waals surface area contributed by atoms with E-state index in [-0.39, 0.29) is 23.8 Å². The molecule has 2 aliphatic carbocycles. The maximum atomic E-state index is 14.0. The van der Waals surface area contributed by atoms with Crippen LogP contribution in [0.4, 0.5) is 0 Å². The fourth-order valence-corrected chi connectivity index (χ4v) is 6.24. The van der Waals surface area contributed by atoms with Crippen molar-refractivity contribution in [1.82, 2.24) is 5.32 Å². The molecule has 1 aliphatic heterocycles. The first-order valence-corrected chi connectivity index (χ1v) is 13.8. The minimum Gasteiger partial charge on any atom is -0.497 e. The van der Waals surface area contributed by atoms with Gasteiger partial charge in [-0.15, -0.1) is 0 Å². The van der Waals surface area contributed by atoms with E-state index < -0.39 is 5.92 Å². The number of carbonyl (C=O) groups is 2. The molecule has 2 aromatic carbocycles. The van der Waals surface area contributed by atoms with E-state index in [1.165, 1.54) is 0 Å². The van der Waals surface area contributed by atoms with Crippen LogP contribution in [0.1, 0.15) is 68.4 Å². The monoisotopic (exact) mass is 547 g/mol. The Kier molecular flexibility index (Phi) is 8.05. The van der Waals surface area contributed by atoms with Crippen molar-refractivity contribution in [2.24, 2.45) is 0 Å². The number of allylic oxidation sites excluding steroid dienone is 3. The first-order valence-electron chi connectivity index (χ1n) is 13.8. The first-order chi connectivity index (χ1) is 19.4. The fraction of sp³-hybridized carbons (Fsp3) is 0.438. The first kappa shape index (κ1) is 27.6. The third-order valence-corrected chi connectivity index (χ3v) is 8.25. The summed E-state index contributed by atoms with van der Waals surface area (Å²) in [6, 6.07) is 11.3. The number of Topliss-reactive ketones (excluding diaryl/α,β-unsaturated/α-hetero) is 1. The van der Waals surface area contributed by atoms with Crippen LogP contribution in [0.15, 0.2) is 58.9 Å². The third-order valence-electron chi connectivity index (χ3n) is 8.25. The predicted octanol–water partition coefficient (Wildman–Crippen LogP) is 5.57. The molecule has 0 spiro atoms. The Balaban J connectivity index is 1.57. The minimum atomic E-state index is -0.620. The molecule has 40 heavy (non-hydrogen) atoms. The summed E-state index contributed by atoms with van der Waals surface area (Å²) >= 11 is 0. The molecule has 212 valence electrons. The van der Waals surface area contributed by atoms with Crippen molar-refractivity contribution in [1.29, 1.82) is 0 Å². The summed E-state index contributed by atoms with van der Waals surface area (Å²) in [6.45, 7) is 1.88. The number of ketones is 1. The van der Waals surface area contributed by atoms with E-state index in [1.807, 2.05) is 37.3 Å². The molecule has 5 rings (SSSR count). The molecule has 0 amide bonds. The summed E-state index contributed by atoms with van der Waals surface area (Å²) in [5, 5.41) is 3.43. The molecule has 8 heteroatoms. The highest BCUT2D eigenvalue weighted by atomic mass is 16.5. The Bertz CT molecular complexity index is 1370. The zero-order valence-electron chi connectivity index (χ0n) is 23.8. The van der Waals surface area contributed by atoms with Crippen molar-refractivity contribution in [3.8, 4) is 23.0 Å². The lowest BCUT2D eigenvalue weighted by Gasteiger charge is -2.37. The van der Waals surface area contributed by atoms with Gasteiger partial charge in [0, 0.05) is 35.0 Å². The van der Waals surface area contributed by atoms with Gasteiger partial charge in [0.25, 0.3) is 0 Å². The van der Waals surface area contributed by atoms with Crippen molar-refractivity contribution in [2.75, 3.05) is 28.4 Å². The lowest BCUT2D eigenvalue weighted by molar-refractivity contribution is -0.144. The van der Waals surface area contributed by atoms with Gasteiger partial charge in [0.1, 0.15) is 17.6 Å². The van der Waals surface area contributed by atoms with Gasteiger partial charge in [-0.05, 0) is 68.7 Å². The number of benzene rings is 2. The molecule has 1 heterocycles. The number of nitrogens with one attached hydrogen (secondary N) is 1. The number of ether oxygens (including phenoxy) is 5. The standard InChI is InChI=1S/C32H37NO7/c1-18-29(32(35)40-21-8-6-7-9-21)30(23-12-11-22(36-2)17-27(23)38-4)31-24(33-18)14-20(15-25(31)34)19-10-13-26(37-3)28(16-19)39-5/h10-13,16-17,20-21,30,33H,6-9,14-15H2,1-5H3/t20-,30-/m1/s1. The second kappa shape index (κ2) is 11.7. The minimum absolute atomic E-state index is 0.0185. The molecule has 1 N–H and O–H groups in total. The second-order valence-corrected chi connectivity index (χ2v) is 10.6. The maximum absolute atomic E-state index is 14.0. The van der Waals surface area contributed by atoms with Crippen molar-refractivity contribution in [2.45, 2.75) is 63.4 Å². The normalized spacial score (nSPS) is 21.1. The van der Waals surface area contributed by atoms with Crippen LogP contribution in [0.2, 0.25) is 0 Å². The Labute approximate surface area is 235 Å². The number of rotatable bonds is 8. The van der Waals surface area contributed by atoms with E-state index in [0.29, 0.717) is 52.7 Å². The molecule has 1 saturated carbocycles. The predicted molar refractivity (Wildman–Crippen MR) is 150 cm³/mol. The van der Waals surface area contributed by atoms with Gasteiger partial charge < -0.3 is 29.0 Å². The topological polar surface area (TPSA) is 92.3 Å². The van der Waals surface area contributed by atoms with Crippen LogP contribution in [-0.2, 0) is 14.3 Å². The van der Waals surface area contributed by atoms with Crippen LogP contribution in [0.3, 0.4) is 0 Å². The summed E-state index contributed by atoms with van der Waals surface area (Å²) in [5.41, 5.74) is 4.26. The smallest absolute Gasteiger partial charge is 0.337 e. The van der Waals surface area contributed by atoms with Gasteiger partial charge in [0.05, 0.1) is 39.9 Å². The van der Waals surface area contributed by atoms with Gasteiger partial charge in [0.2, 0.25) is 0 Å². The largest absolute Gasteiger partial charge is 0.497 e. The molecular formula is C32H37NO7. The van der Waals surface area contributed by atoms with Gasteiger partial charge in [-0.25, -0.2) is 4.79 Å². The van der Waals surface area contributed by atoms with Gasteiger partial charge >= 0.3 is 5.97 Å². The summed E-state index contributed by atoms with van der Waals surface area (Å²) in [6.07, 6.45) is 4.63. The average Bonchev–Trinajstić information content (AvgIpc) is 3.48. The summed E-state index contributed by atoms with van der Waals surface area (Å²) in [5.74, 6) is 1.35. The molecule has 3 aliphatic rings. The maximum Gasteiger partial charge on any atom is 0.337 e. The molecule has 2 atom stereocenters. The van der Waals surface area contributed by atoms with Gasteiger partial charge in [-0.3, -0.25) is 4.79 Å². The van der Waals surface area contributed by atoms with Crippen LogP contribution in [0.5, 0.6) is 23.0 Å². The van der Waals surface area contributed by atoms with Gasteiger partial charge in [-0.1, -0.05) is 12.1 Å². The van der Waals surface area contributed by atoms with Crippen molar-refractivity contribution < 1.29 is 33.3 Å². The van der Waals surface area contributed by atoms with Crippen molar-refractivity contribution in [3.05, 3.63) is 70.1 Å². The van der Waals surface area contributed by atoms with Crippen LogP contribution in [0, 0.1) is 0 Å². The lowest BCUT2D eigenvalue weighted by Crippen LogP contribution is -2.36. The number of esters is 1. The van der Waals surface area contributed by atoms with Crippen LogP contribution in [0.25, 0.3) is 0 Å². The highest BCUT2D eigenvalue weighted by molar-refractivity contribution is 6.04. The number of dihydropyridines is 1. The zero-order chi connectivity index (χ0) is 28.4. The highest BCUT2D eigenvalue weighted by Crippen LogP contribution is 2.49. The summed E-state index contributed by atoms with van der Waals surface area (Å²) in [7, 11) is 6.37. The average molecular weight is 548 g/mol. The Hall–Kier alpha value is -3.94. The van der Waals surface area contributed by atoms with Crippen molar-refractivity contribution in [3.63, 3.8) is 0 Å². The molecule has 2 aromatic rings. The van der Waals surface area contributed by atoms with E-state index in [4.69, 9.17) is 23.7 Å². The second-order valence-electron chi connectivity index (χ2n) is 10.6. The van der Waals surface area contributed by atoms with Crippen LogP contribution in [-0.4, -0.2) is 46.3 Å². The molecular weight excluding hydrogens is 510 g/mol. The number of carbonyl (C=O) groups excluding carboxylic acids is 2. The third kappa shape index (κ3) is 5.15. The number of hydrogen-bond donors (Lipinski definition) is 1. The molecule has 0 saturated heterocycles. The van der Waals surface area contributed by atoms with Gasteiger partial charge in [-0.2, -0.15) is 0 Å². The summed E-state index contributed by atoms with van der Waals surface area (Å²) < 4.78 is 28.1. The summed E-state index contributed by atoms with van der Waals surface area (Å²) in [4.78, 5) is 27.7. The van der Waals surface area contributed by atoms with Crippen LogP contribution < -0.4 is 24.3 Å². The van der Waals surface area contributed by atoms with E-state index in [2.05, 4.69) is 5.32 Å². The van der Waals surface area contributed by atoms with E-state index in [0.717, 1.165) is 42.5 Å². The fourth-order valence-electron chi connectivity index (χ4n) is 6.24. The SMILES string of the molecule is COc1ccc([C@@H]2C(C(=O)OC3CCCC3)=C(C)NC3=C2C(=O)C[C@H](c2ccc(OC)c(OC)c2)C3)c(OC)c1.